The lowest BCUT2D eigenvalue weighted by Gasteiger charge is -2.25. The van der Waals surface area contributed by atoms with Crippen molar-refractivity contribution < 1.29 is 9.59 Å². The van der Waals surface area contributed by atoms with Crippen molar-refractivity contribution in [2.75, 3.05) is 5.32 Å². The second kappa shape index (κ2) is 7.21. The van der Waals surface area contributed by atoms with Gasteiger partial charge in [0.1, 0.15) is 4.87 Å². The van der Waals surface area contributed by atoms with Crippen molar-refractivity contribution in [3.63, 3.8) is 0 Å². The minimum Gasteiger partial charge on any atom is -0.321 e. The number of hydrogen-bond acceptors (Lipinski definition) is 3. The Kier molecular flexibility index (Phi) is 5.02. The van der Waals surface area contributed by atoms with Gasteiger partial charge in [-0.05, 0) is 23.9 Å². The van der Waals surface area contributed by atoms with E-state index in [1.165, 1.54) is 17.4 Å². The average molecular weight is 370 g/mol. The van der Waals surface area contributed by atoms with Gasteiger partial charge in [0.05, 0.1) is 10.6 Å². The minimum atomic E-state index is -0.779. The fourth-order valence-electron chi connectivity index (χ4n) is 2.62. The molecule has 0 bridgehead atoms. The van der Waals surface area contributed by atoms with Crippen LogP contribution in [0.3, 0.4) is 0 Å². The quantitative estimate of drug-likeness (QED) is 0.454. The van der Waals surface area contributed by atoms with Gasteiger partial charge in [0.25, 0.3) is 0 Å². The molecule has 3 nitrogen and oxygen atoms in total. The summed E-state index contributed by atoms with van der Waals surface area (Å²) in [6, 6.07) is 11.0. The van der Waals surface area contributed by atoms with Crippen LogP contribution in [0.2, 0.25) is 0 Å². The van der Waals surface area contributed by atoms with Crippen LogP contribution in [0.15, 0.2) is 78.2 Å². The van der Waals surface area contributed by atoms with Crippen LogP contribution in [0.25, 0.3) is 0 Å². The predicted molar refractivity (Wildman–Crippen MR) is 103 cm³/mol. The van der Waals surface area contributed by atoms with Gasteiger partial charge >= 0.3 is 0 Å². The number of carbonyl (C=O) groups excluding carboxylic acids is 2. The van der Waals surface area contributed by atoms with Crippen LogP contribution in [0.5, 0.6) is 0 Å². The highest BCUT2D eigenvalue weighted by atomic mass is 35.5. The molecule has 1 aliphatic rings. The smallest absolute Gasteiger partial charge is 0.247 e. The van der Waals surface area contributed by atoms with Gasteiger partial charge in [0.2, 0.25) is 5.91 Å². The lowest BCUT2D eigenvalue weighted by atomic mass is 9.90. The van der Waals surface area contributed by atoms with Crippen LogP contribution >= 0.6 is 22.9 Å². The number of ketones is 1. The van der Waals surface area contributed by atoms with Crippen molar-refractivity contribution in [2.24, 2.45) is 0 Å². The maximum atomic E-state index is 12.5. The fourth-order valence-corrected chi connectivity index (χ4v) is 3.93. The topological polar surface area (TPSA) is 46.2 Å². The predicted octanol–water partition coefficient (Wildman–Crippen LogP) is 5.08. The van der Waals surface area contributed by atoms with E-state index in [2.05, 4.69) is 11.9 Å². The number of alkyl halides is 1. The molecule has 1 aromatic heterocycles. The standard InChI is InChI=1S/C20H16ClNO2S/c1-2-17(23)22-16-10-13-25-19(16)20(21)11-8-15(9-12-20)18(24)14-6-4-3-5-7-14/h2-11,13H,1,12H2,(H,22,23). The Bertz CT molecular complexity index is 882. The largest absolute Gasteiger partial charge is 0.321 e. The summed E-state index contributed by atoms with van der Waals surface area (Å²) in [6.07, 6.45) is 7.11. The van der Waals surface area contributed by atoms with Crippen molar-refractivity contribution >= 4 is 40.3 Å². The molecule has 0 radical (unpaired) electrons. The summed E-state index contributed by atoms with van der Waals surface area (Å²) in [6.45, 7) is 3.46. The van der Waals surface area contributed by atoms with Crippen molar-refractivity contribution in [3.8, 4) is 0 Å². The van der Waals surface area contributed by atoms with Crippen molar-refractivity contribution in [1.29, 1.82) is 0 Å². The summed E-state index contributed by atoms with van der Waals surface area (Å²) in [5.74, 6) is -0.308. The first-order chi connectivity index (χ1) is 12.0. The van der Waals surface area contributed by atoms with E-state index in [0.29, 0.717) is 23.2 Å². The molecule has 5 heteroatoms. The zero-order valence-electron chi connectivity index (χ0n) is 13.4. The molecule has 2 aromatic rings. The number of thiophene rings is 1. The molecular formula is C20H16ClNO2S. The Balaban J connectivity index is 1.81. The number of hydrogen-bond donors (Lipinski definition) is 1. The first kappa shape index (κ1) is 17.4. The average Bonchev–Trinajstić information content (AvgIpc) is 3.11. The second-order valence-electron chi connectivity index (χ2n) is 5.61. The van der Waals surface area contributed by atoms with Gasteiger partial charge in [-0.15, -0.1) is 22.9 Å². The van der Waals surface area contributed by atoms with Gasteiger partial charge in [0, 0.05) is 11.1 Å². The summed E-state index contributed by atoms with van der Waals surface area (Å²) in [5, 5.41) is 4.65. The summed E-state index contributed by atoms with van der Waals surface area (Å²) in [7, 11) is 0. The zero-order valence-corrected chi connectivity index (χ0v) is 14.9. The Morgan fingerprint density at radius 1 is 1.24 bits per heavy atom. The molecule has 3 rings (SSSR count). The third-order valence-electron chi connectivity index (χ3n) is 3.93. The van der Waals surface area contributed by atoms with Crippen molar-refractivity contribution in [3.05, 3.63) is 88.7 Å². The maximum Gasteiger partial charge on any atom is 0.247 e. The van der Waals surface area contributed by atoms with Crippen LogP contribution in [0, 0.1) is 0 Å². The molecule has 1 aromatic carbocycles. The van der Waals surface area contributed by atoms with Crippen LogP contribution in [0.4, 0.5) is 5.69 Å². The van der Waals surface area contributed by atoms with E-state index in [1.807, 2.05) is 41.8 Å². The van der Waals surface area contributed by atoms with Crippen LogP contribution in [-0.4, -0.2) is 11.7 Å². The number of amides is 1. The molecule has 1 heterocycles. The first-order valence-electron chi connectivity index (χ1n) is 7.73. The normalized spacial score (nSPS) is 19.2. The SMILES string of the molecule is C=CC(=O)Nc1ccsc1C1(Cl)C=CC(C(=O)c2ccccc2)=CC1. The molecule has 0 saturated heterocycles. The lowest BCUT2D eigenvalue weighted by molar-refractivity contribution is -0.111. The molecule has 1 unspecified atom stereocenters. The van der Waals surface area contributed by atoms with Gasteiger partial charge in [-0.1, -0.05) is 55.1 Å². The maximum absolute atomic E-state index is 12.5. The van der Waals surface area contributed by atoms with Gasteiger partial charge in [0.15, 0.2) is 5.78 Å². The first-order valence-corrected chi connectivity index (χ1v) is 8.99. The van der Waals surface area contributed by atoms with Crippen LogP contribution in [0.1, 0.15) is 21.7 Å². The molecular weight excluding hydrogens is 354 g/mol. The van der Waals surface area contributed by atoms with Crippen molar-refractivity contribution in [1.82, 2.24) is 0 Å². The Morgan fingerprint density at radius 3 is 2.64 bits per heavy atom. The zero-order chi connectivity index (χ0) is 17.9. The molecule has 1 aliphatic carbocycles. The number of anilines is 1. The van der Waals surface area contributed by atoms with Gasteiger partial charge in [-0.2, -0.15) is 0 Å². The molecule has 126 valence electrons. The molecule has 0 fully saturated rings. The Morgan fingerprint density at radius 2 is 2.00 bits per heavy atom. The number of rotatable bonds is 5. The van der Waals surface area contributed by atoms with E-state index in [-0.39, 0.29) is 11.7 Å². The van der Waals surface area contributed by atoms with Gasteiger partial charge < -0.3 is 5.32 Å². The molecule has 0 saturated carbocycles. The number of halogens is 1. The van der Waals surface area contributed by atoms with E-state index in [0.717, 1.165) is 4.88 Å². The molecule has 1 amide bonds. The Hall–Kier alpha value is -2.43. The summed E-state index contributed by atoms with van der Waals surface area (Å²) >= 11 is 8.25. The van der Waals surface area contributed by atoms with Crippen LogP contribution in [-0.2, 0) is 9.67 Å². The third-order valence-corrected chi connectivity index (χ3v) is 5.60. The number of benzene rings is 1. The number of allylic oxidation sites excluding steroid dienone is 4. The van der Waals surface area contributed by atoms with E-state index < -0.39 is 4.87 Å². The van der Waals surface area contributed by atoms with E-state index in [4.69, 9.17) is 11.6 Å². The molecule has 1 N–H and O–H groups in total. The highest BCUT2D eigenvalue weighted by molar-refractivity contribution is 7.11. The summed E-state index contributed by atoms with van der Waals surface area (Å²) in [4.78, 5) is 24.2. The summed E-state index contributed by atoms with van der Waals surface area (Å²) < 4.78 is 0. The highest BCUT2D eigenvalue weighted by Gasteiger charge is 2.32. The Labute approximate surface area is 155 Å². The number of Topliss-reactive ketones (excluding diaryl/α,β-unsaturated/α-hetero) is 1. The highest BCUT2D eigenvalue weighted by Crippen LogP contribution is 2.44. The molecule has 0 aliphatic heterocycles. The molecule has 1 atom stereocenters. The lowest BCUT2D eigenvalue weighted by Crippen LogP contribution is -2.20. The second-order valence-corrected chi connectivity index (χ2v) is 7.20. The van der Waals surface area contributed by atoms with Crippen molar-refractivity contribution in [2.45, 2.75) is 11.3 Å². The third kappa shape index (κ3) is 3.65. The van der Waals surface area contributed by atoms with Gasteiger partial charge in [-0.25, -0.2) is 0 Å². The molecule has 0 spiro atoms. The van der Waals surface area contributed by atoms with E-state index in [1.54, 1.807) is 18.2 Å². The number of carbonyl (C=O) groups is 2. The summed E-state index contributed by atoms with van der Waals surface area (Å²) in [5.41, 5.74) is 1.94. The fraction of sp³-hybridized carbons (Fsp3) is 0.100. The monoisotopic (exact) mass is 369 g/mol. The minimum absolute atomic E-state index is 0.0260. The van der Waals surface area contributed by atoms with Gasteiger partial charge in [-0.3, -0.25) is 9.59 Å². The number of nitrogens with one attached hydrogen (secondary N) is 1. The van der Waals surface area contributed by atoms with E-state index in [9.17, 15) is 9.59 Å². The van der Waals surface area contributed by atoms with E-state index >= 15 is 0 Å². The molecule has 25 heavy (non-hydrogen) atoms. The van der Waals surface area contributed by atoms with Crippen LogP contribution < -0.4 is 5.32 Å².